The van der Waals surface area contributed by atoms with Crippen molar-refractivity contribution in [2.75, 3.05) is 0 Å². The zero-order chi connectivity index (χ0) is 19.7. The van der Waals surface area contributed by atoms with Crippen LogP contribution in [0.1, 0.15) is 22.3 Å². The highest BCUT2D eigenvalue weighted by molar-refractivity contribution is 9.10. The van der Waals surface area contributed by atoms with Gasteiger partial charge in [0.15, 0.2) is 5.84 Å². The molecule has 0 unspecified atom stereocenters. The van der Waals surface area contributed by atoms with Crippen LogP contribution in [-0.2, 0) is 0 Å². The minimum atomic E-state index is -0.417. The summed E-state index contributed by atoms with van der Waals surface area (Å²) in [7, 11) is 0. The highest BCUT2D eigenvalue weighted by atomic mass is 79.9. The quantitative estimate of drug-likeness (QED) is 0.459. The molecule has 0 atom stereocenters. The topological polar surface area (TPSA) is 79.9 Å². The van der Waals surface area contributed by atoms with Gasteiger partial charge in [-0.3, -0.25) is 15.5 Å². The van der Waals surface area contributed by atoms with Crippen molar-refractivity contribution in [2.45, 2.75) is 6.92 Å². The summed E-state index contributed by atoms with van der Waals surface area (Å²) in [5, 5.41) is 15.5. The van der Waals surface area contributed by atoms with E-state index in [0.29, 0.717) is 11.5 Å². The van der Waals surface area contributed by atoms with Crippen LogP contribution in [-0.4, -0.2) is 16.5 Å². The molecule has 0 bridgehead atoms. The predicted molar refractivity (Wildman–Crippen MR) is 113 cm³/mol. The number of halogens is 1. The Morgan fingerprint density at radius 3 is 2.32 bits per heavy atom. The summed E-state index contributed by atoms with van der Waals surface area (Å²) in [4.78, 5) is 15.3. The average molecular weight is 435 g/mol. The van der Waals surface area contributed by atoms with Crippen LogP contribution < -0.4 is 5.43 Å². The number of nitrogens with zero attached hydrogens (tertiary/aromatic N) is 3. The van der Waals surface area contributed by atoms with Crippen molar-refractivity contribution in [1.82, 2.24) is 5.43 Å². The molecule has 0 saturated heterocycles. The maximum absolute atomic E-state index is 10.9. The molecule has 1 aliphatic rings. The minimum Gasteiger partial charge on any atom is -0.260 e. The van der Waals surface area contributed by atoms with Crippen molar-refractivity contribution < 1.29 is 4.92 Å². The highest BCUT2D eigenvalue weighted by Gasteiger charge is 2.18. The Morgan fingerprint density at radius 2 is 1.64 bits per heavy atom. The minimum absolute atomic E-state index is 0.0389. The number of fused-ring (bicyclic) bond motifs is 1. The number of rotatable bonds is 3. The second-order valence-corrected chi connectivity index (χ2v) is 7.28. The number of nitro benzene ring substituents is 1. The lowest BCUT2D eigenvalue weighted by Gasteiger charge is -2.08. The summed E-state index contributed by atoms with van der Waals surface area (Å²) >= 11 is 3.50. The molecule has 4 rings (SSSR count). The molecule has 7 heteroatoms. The number of aliphatic imine (C=N–C) groups is 1. The number of benzene rings is 3. The molecule has 0 radical (unpaired) electrons. The van der Waals surface area contributed by atoms with Crippen molar-refractivity contribution in [1.29, 1.82) is 0 Å². The van der Waals surface area contributed by atoms with Crippen LogP contribution in [0.3, 0.4) is 0 Å². The van der Waals surface area contributed by atoms with E-state index >= 15 is 0 Å². The van der Waals surface area contributed by atoms with Gasteiger partial charge in [-0.25, -0.2) is 4.99 Å². The normalized spacial score (nSPS) is 12.9. The van der Waals surface area contributed by atoms with E-state index in [1.807, 2.05) is 49.4 Å². The largest absolute Gasteiger partial charge is 0.269 e. The molecule has 0 saturated carbocycles. The van der Waals surface area contributed by atoms with Gasteiger partial charge in [0.05, 0.1) is 10.6 Å². The smallest absolute Gasteiger partial charge is 0.260 e. The van der Waals surface area contributed by atoms with E-state index < -0.39 is 4.92 Å². The molecule has 0 fully saturated rings. The summed E-state index contributed by atoms with van der Waals surface area (Å²) < 4.78 is 0.898. The third kappa shape index (κ3) is 3.57. The van der Waals surface area contributed by atoms with Crippen LogP contribution in [0.25, 0.3) is 0 Å². The summed E-state index contributed by atoms with van der Waals surface area (Å²) in [5.74, 6) is 0.639. The highest BCUT2D eigenvalue weighted by Crippen LogP contribution is 2.29. The Labute approximate surface area is 169 Å². The van der Waals surface area contributed by atoms with Crippen molar-refractivity contribution in [3.8, 4) is 0 Å². The van der Waals surface area contributed by atoms with Crippen LogP contribution >= 0.6 is 15.9 Å². The van der Waals surface area contributed by atoms with Crippen molar-refractivity contribution in [3.05, 3.63) is 104 Å². The average Bonchev–Trinajstić information content (AvgIpc) is 2.88. The maximum atomic E-state index is 10.9. The Kier molecular flexibility index (Phi) is 4.75. The van der Waals surface area contributed by atoms with Crippen molar-refractivity contribution in [2.24, 2.45) is 10.1 Å². The Hall–Kier alpha value is -3.32. The summed E-state index contributed by atoms with van der Waals surface area (Å²) in [6, 6.07) is 20.2. The lowest BCUT2D eigenvalue weighted by Crippen LogP contribution is -2.19. The van der Waals surface area contributed by atoms with Gasteiger partial charge in [0.25, 0.3) is 5.69 Å². The van der Waals surface area contributed by atoms with Gasteiger partial charge >= 0.3 is 0 Å². The van der Waals surface area contributed by atoms with E-state index in [1.165, 1.54) is 12.1 Å². The van der Waals surface area contributed by atoms with E-state index in [1.54, 1.807) is 12.1 Å². The number of amidine groups is 1. The lowest BCUT2D eigenvalue weighted by atomic mass is 10.0. The Bertz CT molecular complexity index is 1120. The van der Waals surface area contributed by atoms with Gasteiger partial charge in [0, 0.05) is 33.3 Å². The Balaban J connectivity index is 1.82. The fourth-order valence-electron chi connectivity index (χ4n) is 2.91. The SMILES string of the molecule is Cc1ccc(C2=Nc3ccc(Br)cc3C(c3ccc([N+](=O)[O-])cc3)=NN2)cc1. The number of hydrogen-bond acceptors (Lipinski definition) is 5. The number of aryl methyl sites for hydroxylation is 1. The molecular formula is C21H15BrN4O2. The summed E-state index contributed by atoms with van der Waals surface area (Å²) in [5.41, 5.74) is 8.21. The van der Waals surface area contributed by atoms with Crippen LogP contribution in [0, 0.1) is 17.0 Å². The first-order valence-electron chi connectivity index (χ1n) is 8.55. The molecule has 138 valence electrons. The first-order valence-corrected chi connectivity index (χ1v) is 9.35. The van der Waals surface area contributed by atoms with Gasteiger partial charge in [-0.05, 0) is 37.3 Å². The zero-order valence-corrected chi connectivity index (χ0v) is 16.5. The molecule has 3 aromatic rings. The van der Waals surface area contributed by atoms with Gasteiger partial charge in [-0.2, -0.15) is 5.10 Å². The van der Waals surface area contributed by atoms with Gasteiger partial charge in [-0.1, -0.05) is 45.8 Å². The van der Waals surface area contributed by atoms with Crippen LogP contribution in [0.4, 0.5) is 11.4 Å². The van der Waals surface area contributed by atoms with Gasteiger partial charge in [0.1, 0.15) is 5.71 Å². The number of non-ortho nitro benzene ring substituents is 1. The zero-order valence-electron chi connectivity index (χ0n) is 14.9. The van der Waals surface area contributed by atoms with Crippen LogP contribution in [0.5, 0.6) is 0 Å². The number of nitrogens with one attached hydrogen (secondary N) is 1. The molecule has 0 spiro atoms. The maximum Gasteiger partial charge on any atom is 0.269 e. The molecule has 1 aliphatic heterocycles. The molecule has 6 nitrogen and oxygen atoms in total. The number of hydrogen-bond donors (Lipinski definition) is 1. The third-order valence-corrected chi connectivity index (χ3v) is 4.89. The fourth-order valence-corrected chi connectivity index (χ4v) is 3.27. The van der Waals surface area contributed by atoms with Crippen LogP contribution in [0.2, 0.25) is 0 Å². The lowest BCUT2D eigenvalue weighted by molar-refractivity contribution is -0.384. The van der Waals surface area contributed by atoms with Gasteiger partial charge < -0.3 is 0 Å². The van der Waals surface area contributed by atoms with E-state index in [0.717, 1.165) is 32.4 Å². The first-order chi connectivity index (χ1) is 13.5. The second-order valence-electron chi connectivity index (χ2n) is 6.36. The molecule has 28 heavy (non-hydrogen) atoms. The molecule has 0 amide bonds. The standard InChI is InChI=1S/C21H15BrN4O2/c1-13-2-4-15(5-3-13)21-23-19-11-8-16(22)12-18(19)20(24-25-21)14-6-9-17(10-7-14)26(27)28/h2-12H,1H3,(H,23,25). The fraction of sp³-hybridized carbons (Fsp3) is 0.0476. The Morgan fingerprint density at radius 1 is 0.964 bits per heavy atom. The van der Waals surface area contributed by atoms with E-state index in [-0.39, 0.29) is 5.69 Å². The van der Waals surface area contributed by atoms with Crippen molar-refractivity contribution in [3.63, 3.8) is 0 Å². The molecule has 3 aromatic carbocycles. The first kappa shape index (κ1) is 18.1. The molecule has 1 heterocycles. The monoisotopic (exact) mass is 434 g/mol. The molecule has 0 aromatic heterocycles. The molecule has 1 N–H and O–H groups in total. The van der Waals surface area contributed by atoms with Crippen molar-refractivity contribution >= 4 is 38.9 Å². The summed E-state index contributed by atoms with van der Waals surface area (Å²) in [6.45, 7) is 2.03. The predicted octanol–water partition coefficient (Wildman–Crippen LogP) is 5.10. The van der Waals surface area contributed by atoms with E-state index in [9.17, 15) is 10.1 Å². The van der Waals surface area contributed by atoms with Gasteiger partial charge in [-0.15, -0.1) is 0 Å². The van der Waals surface area contributed by atoms with E-state index in [2.05, 4.69) is 26.5 Å². The van der Waals surface area contributed by atoms with Crippen LogP contribution in [0.15, 0.2) is 81.3 Å². The number of nitro groups is 1. The van der Waals surface area contributed by atoms with Gasteiger partial charge in [0.2, 0.25) is 0 Å². The third-order valence-electron chi connectivity index (χ3n) is 4.40. The summed E-state index contributed by atoms with van der Waals surface area (Å²) in [6.07, 6.45) is 0. The molecular weight excluding hydrogens is 420 g/mol. The molecule has 0 aliphatic carbocycles. The number of hydrazone groups is 1. The second kappa shape index (κ2) is 7.36. The van der Waals surface area contributed by atoms with E-state index in [4.69, 9.17) is 4.99 Å².